The van der Waals surface area contributed by atoms with E-state index in [4.69, 9.17) is 32.7 Å². The van der Waals surface area contributed by atoms with Gasteiger partial charge in [-0.25, -0.2) is 4.79 Å². The molecule has 0 bridgehead atoms. The summed E-state index contributed by atoms with van der Waals surface area (Å²) in [4.78, 5) is 12.2. The highest BCUT2D eigenvalue weighted by Crippen LogP contribution is 2.48. The Kier molecular flexibility index (Phi) is 8.35. The Bertz CT molecular complexity index is 1180. The van der Waals surface area contributed by atoms with E-state index in [9.17, 15) is 4.79 Å². The fraction of sp³-hybridized carbons (Fsp3) is 0.767. The van der Waals surface area contributed by atoms with Gasteiger partial charge in [0.05, 0.1) is 33.6 Å². The first-order valence-electron chi connectivity index (χ1n) is 15.1. The van der Waals surface area contributed by atoms with Gasteiger partial charge in [-0.15, -0.1) is 0 Å². The van der Waals surface area contributed by atoms with Gasteiger partial charge in [-0.1, -0.05) is 6.07 Å². The van der Waals surface area contributed by atoms with Gasteiger partial charge in [0.2, 0.25) is 0 Å². The van der Waals surface area contributed by atoms with Gasteiger partial charge in [0, 0.05) is 5.69 Å². The number of aryl methyl sites for hydroxylation is 1. The number of nitrogens with one attached hydrogen (secondary N) is 1. The zero-order valence-corrected chi connectivity index (χ0v) is 28.1. The monoisotopic (exact) mass is 585 g/mol. The summed E-state index contributed by atoms with van der Waals surface area (Å²) < 4.78 is 44.1. The molecule has 0 aromatic heterocycles. The molecule has 4 rings (SSSR count). The van der Waals surface area contributed by atoms with Crippen LogP contribution in [0.3, 0.4) is 0 Å². The van der Waals surface area contributed by atoms with Crippen molar-refractivity contribution in [2.75, 3.05) is 5.32 Å². The van der Waals surface area contributed by atoms with Gasteiger partial charge in [0.1, 0.15) is 5.60 Å². The third-order valence-corrected chi connectivity index (χ3v) is 9.84. The second-order valence-electron chi connectivity index (χ2n) is 15.5. The fourth-order valence-corrected chi connectivity index (χ4v) is 5.51. The maximum Gasteiger partial charge on any atom is 0.495 e. The number of rotatable bonds is 6. The maximum absolute atomic E-state index is 12.2. The molecular weight excluding hydrogens is 535 g/mol. The summed E-state index contributed by atoms with van der Waals surface area (Å²) in [5, 5.41) is 2.80. The Balaban J connectivity index is 1.44. The average molecular weight is 585 g/mol. The highest BCUT2D eigenvalue weighted by atomic mass is 16.7. The smallest absolute Gasteiger partial charge is 0.444 e. The lowest BCUT2D eigenvalue weighted by molar-refractivity contribution is -0.0576. The van der Waals surface area contributed by atoms with E-state index in [1.54, 1.807) is 0 Å². The fourth-order valence-electron chi connectivity index (χ4n) is 5.51. The molecule has 2 atom stereocenters. The van der Waals surface area contributed by atoms with Gasteiger partial charge in [-0.2, -0.15) is 0 Å². The van der Waals surface area contributed by atoms with E-state index >= 15 is 0 Å². The molecule has 0 aliphatic carbocycles. The Labute approximate surface area is 253 Å². The molecular formula is C30H50B3NO8. The van der Waals surface area contributed by atoms with Crippen molar-refractivity contribution in [2.24, 2.45) is 0 Å². The standard InChI is InChI=1S/C30H50B3NO8/c1-20-19-21(34-23(35)36-24(2,3)4)15-16-22(20)31-37-27(9,10)29(13,41-31)17-18-30(14)28(11,12)40-33(42-30)32-38-25(5,6)26(7,8)39-32/h15-16,19H,17-18H2,1-14H3,(H,34,35). The number of hydrogen-bond acceptors (Lipinski definition) is 8. The molecule has 3 aliphatic rings. The van der Waals surface area contributed by atoms with Crippen molar-refractivity contribution in [1.29, 1.82) is 0 Å². The first kappa shape index (κ1) is 33.3. The molecule has 0 saturated carbocycles. The second-order valence-corrected chi connectivity index (χ2v) is 15.5. The third-order valence-electron chi connectivity index (χ3n) is 9.84. The molecule has 0 radical (unpaired) electrons. The summed E-state index contributed by atoms with van der Waals surface area (Å²) in [7, 11) is -1.82. The van der Waals surface area contributed by atoms with E-state index in [0.717, 1.165) is 11.0 Å². The Hall–Kier alpha value is -1.56. The molecule has 2 unspecified atom stereocenters. The quantitative estimate of drug-likeness (QED) is 0.429. The van der Waals surface area contributed by atoms with E-state index in [-0.39, 0.29) is 0 Å². The molecule has 3 aliphatic heterocycles. The predicted octanol–water partition coefficient (Wildman–Crippen LogP) is 5.64. The van der Waals surface area contributed by atoms with Gasteiger partial charge in [-0.3, -0.25) is 5.32 Å². The molecule has 1 aromatic carbocycles. The number of carbonyl (C=O) groups is 1. The topological polar surface area (TPSA) is 93.7 Å². The van der Waals surface area contributed by atoms with Gasteiger partial charge in [-0.05, 0) is 133 Å². The first-order valence-corrected chi connectivity index (χ1v) is 15.1. The molecule has 3 fully saturated rings. The number of hydrogen-bond donors (Lipinski definition) is 1. The van der Waals surface area contributed by atoms with E-state index in [2.05, 4.69) is 46.9 Å². The van der Waals surface area contributed by atoms with Crippen LogP contribution < -0.4 is 10.8 Å². The molecule has 1 N–H and O–H groups in total. The van der Waals surface area contributed by atoms with Gasteiger partial charge >= 0.3 is 27.2 Å². The van der Waals surface area contributed by atoms with Crippen LogP contribution in [0.1, 0.15) is 108 Å². The van der Waals surface area contributed by atoms with Crippen LogP contribution in [-0.2, 0) is 32.7 Å². The summed E-state index contributed by atoms with van der Waals surface area (Å²) in [6.07, 6.45) is 0.851. The minimum atomic E-state index is -0.643. The van der Waals surface area contributed by atoms with Crippen LogP contribution in [-0.4, -0.2) is 66.4 Å². The van der Waals surface area contributed by atoms with Gasteiger partial charge in [0.25, 0.3) is 0 Å². The average Bonchev–Trinajstić information content (AvgIpc) is 3.27. The lowest BCUT2D eigenvalue weighted by atomic mass is 9.49. The SMILES string of the molecule is Cc1cc(NC(=O)OC(C)(C)C)ccc1B1OC(C)(C)C(C)(CCC2(C)OB(B3OC(C)(C)C(C)(C)O3)OC2(C)C)O1. The minimum Gasteiger partial charge on any atom is -0.444 e. The minimum absolute atomic E-state index is 0.475. The molecule has 9 nitrogen and oxygen atoms in total. The van der Waals surface area contributed by atoms with E-state index < -0.39 is 66.4 Å². The number of benzene rings is 1. The zero-order valence-electron chi connectivity index (χ0n) is 28.1. The number of ether oxygens (including phenoxy) is 1. The molecule has 3 saturated heterocycles. The van der Waals surface area contributed by atoms with Crippen molar-refractivity contribution in [3.63, 3.8) is 0 Å². The van der Waals surface area contributed by atoms with Crippen molar-refractivity contribution in [3.05, 3.63) is 23.8 Å². The predicted molar refractivity (Wildman–Crippen MR) is 167 cm³/mol. The van der Waals surface area contributed by atoms with Crippen LogP contribution in [0.2, 0.25) is 0 Å². The van der Waals surface area contributed by atoms with Crippen LogP contribution in [0.15, 0.2) is 18.2 Å². The summed E-state index contributed by atoms with van der Waals surface area (Å²) in [6, 6.07) is 5.67. The maximum atomic E-state index is 12.2. The zero-order chi connectivity index (χ0) is 31.7. The van der Waals surface area contributed by atoms with E-state index in [1.165, 1.54) is 0 Å². The molecule has 1 amide bonds. The van der Waals surface area contributed by atoms with Crippen molar-refractivity contribution in [3.8, 4) is 0 Å². The highest BCUT2D eigenvalue weighted by molar-refractivity contribution is 7.11. The molecule has 232 valence electrons. The van der Waals surface area contributed by atoms with E-state index in [0.29, 0.717) is 18.5 Å². The van der Waals surface area contributed by atoms with Crippen molar-refractivity contribution >= 4 is 38.4 Å². The molecule has 12 heteroatoms. The van der Waals surface area contributed by atoms with Gasteiger partial charge < -0.3 is 32.7 Å². The lowest BCUT2D eigenvalue weighted by Crippen LogP contribution is -2.50. The summed E-state index contributed by atoms with van der Waals surface area (Å²) in [5.74, 6) is 0. The van der Waals surface area contributed by atoms with Crippen LogP contribution >= 0.6 is 0 Å². The second kappa shape index (κ2) is 10.5. The number of carbonyl (C=O) groups excluding carboxylic acids is 1. The Morgan fingerprint density at radius 2 is 1.21 bits per heavy atom. The molecule has 0 spiro atoms. The molecule has 3 heterocycles. The van der Waals surface area contributed by atoms with Crippen LogP contribution in [0.25, 0.3) is 0 Å². The largest absolute Gasteiger partial charge is 0.495 e. The van der Waals surface area contributed by atoms with Crippen molar-refractivity contribution < 1.29 is 37.5 Å². The number of amides is 1. The molecule has 42 heavy (non-hydrogen) atoms. The number of anilines is 1. The summed E-state index contributed by atoms with van der Waals surface area (Å²) in [6.45, 7) is 28.0. The highest BCUT2D eigenvalue weighted by Gasteiger charge is 2.65. The van der Waals surface area contributed by atoms with Crippen LogP contribution in [0.5, 0.6) is 0 Å². The first-order chi connectivity index (χ1) is 18.9. The molecule has 1 aromatic rings. The summed E-state index contributed by atoms with van der Waals surface area (Å²) >= 11 is 0. The Morgan fingerprint density at radius 1 is 0.738 bits per heavy atom. The normalized spacial score (nSPS) is 29.7. The van der Waals surface area contributed by atoms with Crippen LogP contribution in [0, 0.1) is 6.92 Å². The van der Waals surface area contributed by atoms with Crippen LogP contribution in [0.4, 0.5) is 10.5 Å². The van der Waals surface area contributed by atoms with E-state index in [1.807, 2.05) is 73.6 Å². The van der Waals surface area contributed by atoms with Gasteiger partial charge in [0.15, 0.2) is 0 Å². The van der Waals surface area contributed by atoms with Crippen molar-refractivity contribution in [1.82, 2.24) is 0 Å². The summed E-state index contributed by atoms with van der Waals surface area (Å²) in [5.41, 5.74) is -1.42. The third kappa shape index (κ3) is 6.31. The van der Waals surface area contributed by atoms with Crippen molar-refractivity contribution in [2.45, 2.75) is 149 Å². The Morgan fingerprint density at radius 3 is 1.74 bits per heavy atom. The lowest BCUT2D eigenvalue weighted by Gasteiger charge is -2.42.